The van der Waals surface area contributed by atoms with Crippen LogP contribution in [-0.2, 0) is 24.2 Å². The van der Waals surface area contributed by atoms with Crippen LogP contribution in [0.5, 0.6) is 0 Å². The number of aryl methyl sites for hydroxylation is 2. The SMILES string of the molecule is CCCCCCCc1ccc(C23NC(=O)N4CC(N)CN(C(=O)N2)C43c2ccc(CCCCCCC)cc2)cc1. The van der Waals surface area contributed by atoms with E-state index < -0.39 is 11.3 Å². The number of rotatable bonds is 14. The summed E-state index contributed by atoms with van der Waals surface area (Å²) in [6.45, 7) is 5.24. The van der Waals surface area contributed by atoms with E-state index in [1.54, 1.807) is 9.80 Å². The molecule has 7 heteroatoms. The van der Waals surface area contributed by atoms with E-state index in [2.05, 4.69) is 73.0 Å². The molecule has 3 fully saturated rings. The second-order valence-electron chi connectivity index (χ2n) is 12.0. The zero-order valence-electron chi connectivity index (χ0n) is 24.4. The molecule has 0 radical (unpaired) electrons. The van der Waals surface area contributed by atoms with Gasteiger partial charge in [-0.2, -0.15) is 0 Å². The molecular formula is C33H47N5O2. The highest BCUT2D eigenvalue weighted by atomic mass is 16.2. The molecule has 0 saturated carbocycles. The van der Waals surface area contributed by atoms with Crippen molar-refractivity contribution in [1.29, 1.82) is 0 Å². The number of nitrogens with two attached hydrogens (primary N) is 1. The summed E-state index contributed by atoms with van der Waals surface area (Å²) in [5, 5.41) is 6.44. The number of carbonyl (C=O) groups is 2. The van der Waals surface area contributed by atoms with Crippen LogP contribution in [0, 0.1) is 0 Å². The fourth-order valence-corrected chi connectivity index (χ4v) is 7.03. The predicted octanol–water partition coefficient (Wildman–Crippen LogP) is 6.11. The van der Waals surface area contributed by atoms with Gasteiger partial charge >= 0.3 is 12.1 Å². The lowest BCUT2D eigenvalue weighted by Crippen LogP contribution is -2.68. The Morgan fingerprint density at radius 1 is 0.675 bits per heavy atom. The molecule has 0 atom stereocenters. The molecule has 3 aliphatic heterocycles. The molecule has 7 nitrogen and oxygen atoms in total. The lowest BCUT2D eigenvalue weighted by atomic mass is 9.79. The fraction of sp³-hybridized carbons (Fsp3) is 0.576. The summed E-state index contributed by atoms with van der Waals surface area (Å²) in [4.78, 5) is 30.7. The molecule has 0 spiro atoms. The van der Waals surface area contributed by atoms with E-state index in [0.717, 1.165) is 24.0 Å². The number of urea groups is 2. The first-order valence-corrected chi connectivity index (χ1v) is 15.6. The number of amides is 4. The van der Waals surface area contributed by atoms with Gasteiger partial charge in [-0.3, -0.25) is 9.80 Å². The fourth-order valence-electron chi connectivity index (χ4n) is 7.03. The van der Waals surface area contributed by atoms with E-state index in [4.69, 9.17) is 5.73 Å². The average molecular weight is 546 g/mol. The Morgan fingerprint density at radius 3 is 1.55 bits per heavy atom. The van der Waals surface area contributed by atoms with Crippen LogP contribution in [0.15, 0.2) is 48.5 Å². The Labute approximate surface area is 239 Å². The smallest absolute Gasteiger partial charge is 0.321 e. The Morgan fingerprint density at radius 2 is 1.10 bits per heavy atom. The van der Waals surface area contributed by atoms with Gasteiger partial charge in [0.15, 0.2) is 11.3 Å². The zero-order chi connectivity index (χ0) is 28.2. The van der Waals surface area contributed by atoms with E-state index in [0.29, 0.717) is 13.1 Å². The molecule has 3 saturated heterocycles. The van der Waals surface area contributed by atoms with Crippen LogP contribution in [0.1, 0.15) is 100 Å². The number of hydrogen-bond donors (Lipinski definition) is 3. The third kappa shape index (κ3) is 4.98. The summed E-state index contributed by atoms with van der Waals surface area (Å²) < 4.78 is 0. The molecular weight excluding hydrogens is 498 g/mol. The number of nitrogens with zero attached hydrogens (tertiary/aromatic N) is 2. The molecule has 4 amide bonds. The van der Waals surface area contributed by atoms with E-state index >= 15 is 0 Å². The van der Waals surface area contributed by atoms with Gasteiger partial charge in [0.05, 0.1) is 0 Å². The highest BCUT2D eigenvalue weighted by Gasteiger charge is 2.75. The normalized spacial score (nSPS) is 25.2. The van der Waals surface area contributed by atoms with Crippen LogP contribution >= 0.6 is 0 Å². The van der Waals surface area contributed by atoms with Crippen molar-refractivity contribution in [1.82, 2.24) is 20.4 Å². The minimum Gasteiger partial charge on any atom is -0.325 e. The first-order valence-electron chi connectivity index (χ1n) is 15.6. The first kappa shape index (κ1) is 28.5. The van der Waals surface area contributed by atoms with Crippen LogP contribution in [0.2, 0.25) is 0 Å². The maximum absolute atomic E-state index is 13.6. The molecule has 3 aliphatic rings. The molecule has 0 aliphatic carbocycles. The summed E-state index contributed by atoms with van der Waals surface area (Å²) in [5.74, 6) is 0. The maximum Gasteiger partial charge on any atom is 0.321 e. The maximum atomic E-state index is 13.6. The van der Waals surface area contributed by atoms with Gasteiger partial charge < -0.3 is 16.4 Å². The standard InChI is InChI=1S/C33H47N5O2/c1-3-5-7-9-11-13-25-15-19-27(20-16-25)32-33(28-21-17-26(18-22-28)14-12-10-8-6-4-2)37(30(39)35-32)23-29(34)24-38(33)31(40)36-32/h15-22,29H,3-14,23-24,34H2,1-2H3,(H,35,39)(H,36,40). The number of unbranched alkanes of at least 4 members (excludes halogenated alkanes) is 8. The lowest BCUT2D eigenvalue weighted by Gasteiger charge is -2.51. The van der Waals surface area contributed by atoms with Crippen molar-refractivity contribution in [2.45, 2.75) is 108 Å². The van der Waals surface area contributed by atoms with Gasteiger partial charge in [-0.15, -0.1) is 0 Å². The summed E-state index contributed by atoms with van der Waals surface area (Å²) in [7, 11) is 0. The Hall–Kier alpha value is -3.06. The van der Waals surface area contributed by atoms with Crippen molar-refractivity contribution in [3.05, 3.63) is 70.8 Å². The number of hydrogen-bond acceptors (Lipinski definition) is 3. The first-order chi connectivity index (χ1) is 19.5. The van der Waals surface area contributed by atoms with Crippen molar-refractivity contribution in [2.75, 3.05) is 13.1 Å². The van der Waals surface area contributed by atoms with Crippen LogP contribution in [0.25, 0.3) is 0 Å². The Kier molecular flexibility index (Phi) is 8.69. The minimum absolute atomic E-state index is 0.208. The Bertz CT molecular complexity index is 1130. The molecule has 3 heterocycles. The summed E-state index contributed by atoms with van der Waals surface area (Å²) in [6, 6.07) is 16.3. The molecule has 0 bridgehead atoms. The number of nitrogens with one attached hydrogen (secondary N) is 2. The van der Waals surface area contributed by atoms with Crippen LogP contribution < -0.4 is 16.4 Å². The molecule has 5 rings (SSSR count). The van der Waals surface area contributed by atoms with Gasteiger partial charge in [-0.1, -0.05) is 114 Å². The lowest BCUT2D eigenvalue weighted by molar-refractivity contribution is -0.0461. The van der Waals surface area contributed by atoms with Crippen molar-refractivity contribution < 1.29 is 9.59 Å². The molecule has 0 aromatic heterocycles. The number of carbonyl (C=O) groups excluding carboxylic acids is 2. The minimum atomic E-state index is -1.11. The Balaban J connectivity index is 1.45. The molecule has 216 valence electrons. The van der Waals surface area contributed by atoms with Gasteiger partial charge in [0.2, 0.25) is 0 Å². The van der Waals surface area contributed by atoms with Crippen molar-refractivity contribution in [2.24, 2.45) is 5.73 Å². The van der Waals surface area contributed by atoms with Gasteiger partial charge in [0.25, 0.3) is 0 Å². The average Bonchev–Trinajstić information content (AvgIpc) is 3.36. The second kappa shape index (κ2) is 12.2. The van der Waals surface area contributed by atoms with E-state index in [9.17, 15) is 9.59 Å². The third-order valence-corrected chi connectivity index (χ3v) is 9.10. The summed E-state index contributed by atoms with van der Waals surface area (Å²) in [6.07, 6.45) is 14.5. The second-order valence-corrected chi connectivity index (χ2v) is 12.0. The largest absolute Gasteiger partial charge is 0.325 e. The van der Waals surface area contributed by atoms with E-state index in [-0.39, 0.29) is 18.1 Å². The van der Waals surface area contributed by atoms with Gasteiger partial charge in [0, 0.05) is 30.3 Å². The third-order valence-electron chi connectivity index (χ3n) is 9.10. The van der Waals surface area contributed by atoms with Gasteiger partial charge in [-0.25, -0.2) is 9.59 Å². The molecule has 0 unspecified atom stereocenters. The molecule has 2 aromatic rings. The summed E-state index contributed by atoms with van der Waals surface area (Å²) in [5.41, 5.74) is 8.61. The van der Waals surface area contributed by atoms with Crippen molar-refractivity contribution in [3.63, 3.8) is 0 Å². The van der Waals surface area contributed by atoms with Crippen LogP contribution in [0.3, 0.4) is 0 Å². The van der Waals surface area contributed by atoms with E-state index in [1.807, 2.05) is 0 Å². The van der Waals surface area contributed by atoms with Crippen LogP contribution in [-0.4, -0.2) is 41.0 Å². The topological polar surface area (TPSA) is 90.7 Å². The quantitative estimate of drug-likeness (QED) is 0.250. The predicted molar refractivity (Wildman–Crippen MR) is 160 cm³/mol. The van der Waals surface area contributed by atoms with Crippen molar-refractivity contribution >= 4 is 12.1 Å². The zero-order valence-corrected chi connectivity index (χ0v) is 24.4. The van der Waals surface area contributed by atoms with Crippen LogP contribution in [0.4, 0.5) is 9.59 Å². The molecule has 4 N–H and O–H groups in total. The highest BCUT2D eigenvalue weighted by Crippen LogP contribution is 2.55. The monoisotopic (exact) mass is 545 g/mol. The highest BCUT2D eigenvalue weighted by molar-refractivity contribution is 5.90. The van der Waals surface area contributed by atoms with Gasteiger partial charge in [-0.05, 0) is 36.8 Å². The summed E-state index contributed by atoms with van der Waals surface area (Å²) >= 11 is 0. The van der Waals surface area contributed by atoms with Gasteiger partial charge in [0.1, 0.15) is 0 Å². The molecule has 40 heavy (non-hydrogen) atoms. The van der Waals surface area contributed by atoms with Crippen molar-refractivity contribution in [3.8, 4) is 0 Å². The molecule has 2 aromatic carbocycles. The van der Waals surface area contributed by atoms with E-state index in [1.165, 1.54) is 75.3 Å². The number of benzene rings is 2.